The van der Waals surface area contributed by atoms with Gasteiger partial charge in [-0.05, 0) is 75.9 Å². The van der Waals surface area contributed by atoms with Gasteiger partial charge in [0, 0.05) is 49.4 Å². The van der Waals surface area contributed by atoms with Crippen LogP contribution in [0, 0.1) is 5.41 Å². The predicted octanol–water partition coefficient (Wildman–Crippen LogP) is 5.75. The molecule has 1 aromatic carbocycles. The van der Waals surface area contributed by atoms with Crippen molar-refractivity contribution < 1.29 is 58.9 Å². The lowest BCUT2D eigenvalue weighted by Gasteiger charge is -2.55. The summed E-state index contributed by atoms with van der Waals surface area (Å²) < 4.78 is 122. The number of anilines is 1. The lowest BCUT2D eigenvalue weighted by molar-refractivity contribution is -0.308. The van der Waals surface area contributed by atoms with Gasteiger partial charge < -0.3 is 19.6 Å². The average molecular weight is 675 g/mol. The molecule has 4 fully saturated rings. The van der Waals surface area contributed by atoms with Gasteiger partial charge in [0.25, 0.3) is 6.10 Å². The summed E-state index contributed by atoms with van der Waals surface area (Å²) in [6.07, 6.45) is -18.8. The van der Waals surface area contributed by atoms with Gasteiger partial charge in [0.15, 0.2) is 0 Å². The maximum Gasteiger partial charge on any atom is 0.434 e. The zero-order valence-corrected chi connectivity index (χ0v) is 24.8. The van der Waals surface area contributed by atoms with Crippen LogP contribution in [0.2, 0.25) is 0 Å². The van der Waals surface area contributed by atoms with Gasteiger partial charge in [-0.3, -0.25) is 14.6 Å². The van der Waals surface area contributed by atoms with E-state index in [0.717, 1.165) is 36.3 Å². The second kappa shape index (κ2) is 12.3. The van der Waals surface area contributed by atoms with Crippen molar-refractivity contribution in [1.82, 2.24) is 14.7 Å². The molecule has 4 heterocycles. The van der Waals surface area contributed by atoms with Crippen molar-refractivity contribution in [2.75, 3.05) is 57.3 Å². The molecule has 4 saturated heterocycles. The summed E-state index contributed by atoms with van der Waals surface area (Å²) in [7, 11) is 0. The van der Waals surface area contributed by atoms with E-state index in [1.165, 1.54) is 6.07 Å². The number of halogens is 9. The van der Waals surface area contributed by atoms with Crippen molar-refractivity contribution in [2.24, 2.45) is 5.41 Å². The average Bonchev–Trinajstić information content (AvgIpc) is 3.30. The highest BCUT2D eigenvalue weighted by molar-refractivity contribution is 5.69. The number of rotatable bonds is 6. The van der Waals surface area contributed by atoms with Gasteiger partial charge in [-0.25, -0.2) is 4.79 Å². The molecule has 0 bridgehead atoms. The van der Waals surface area contributed by atoms with E-state index in [1.807, 2.05) is 9.80 Å². The number of amides is 1. The molecule has 0 atom stereocenters. The van der Waals surface area contributed by atoms with E-state index >= 15 is 0 Å². The molecule has 8 nitrogen and oxygen atoms in total. The Morgan fingerprint density at radius 1 is 0.848 bits per heavy atom. The fraction of sp³-hybridized carbons (Fsp3) is 0.724. The monoisotopic (exact) mass is 674 g/mol. The number of nitrogens with zero attached hydrogens (tertiary/aromatic N) is 4. The molecule has 0 aliphatic carbocycles. The van der Waals surface area contributed by atoms with Crippen molar-refractivity contribution in [2.45, 2.75) is 75.2 Å². The summed E-state index contributed by atoms with van der Waals surface area (Å²) in [6, 6.07) is 3.62. The van der Waals surface area contributed by atoms with Crippen LogP contribution in [0.1, 0.15) is 49.7 Å². The predicted molar refractivity (Wildman–Crippen MR) is 145 cm³/mol. The number of hydrogen-bond acceptors (Lipinski definition) is 6. The SMILES string of the molecule is O=C(O)CN1CCC2(CC1)CN(c1cc(C(F)(F)F)ccc1CN1CCCC13CCN(C(=O)OC(C(F)(F)F)C(F)(F)F)CC3)C2. The second-order valence-corrected chi connectivity index (χ2v) is 13.0. The van der Waals surface area contributed by atoms with E-state index in [2.05, 4.69) is 9.64 Å². The van der Waals surface area contributed by atoms with Crippen LogP contribution in [0.3, 0.4) is 0 Å². The molecule has 1 amide bonds. The van der Waals surface area contributed by atoms with Gasteiger partial charge in [-0.15, -0.1) is 0 Å². The fourth-order valence-corrected chi connectivity index (χ4v) is 7.41. The van der Waals surface area contributed by atoms with Crippen LogP contribution in [-0.4, -0.2) is 108 Å². The van der Waals surface area contributed by atoms with Crippen LogP contribution in [-0.2, 0) is 22.3 Å². The van der Waals surface area contributed by atoms with Gasteiger partial charge in [-0.2, -0.15) is 39.5 Å². The Hall–Kier alpha value is -2.95. The van der Waals surface area contributed by atoms with Gasteiger partial charge in [-0.1, -0.05) is 6.07 Å². The van der Waals surface area contributed by atoms with Crippen LogP contribution in [0.15, 0.2) is 18.2 Å². The minimum Gasteiger partial charge on any atom is -0.480 e. The first-order valence-corrected chi connectivity index (χ1v) is 15.0. The highest BCUT2D eigenvalue weighted by Gasteiger charge is 2.60. The van der Waals surface area contributed by atoms with Crippen molar-refractivity contribution in [1.29, 1.82) is 0 Å². The molecule has 0 unspecified atom stereocenters. The molecule has 258 valence electrons. The smallest absolute Gasteiger partial charge is 0.434 e. The van der Waals surface area contributed by atoms with Crippen molar-refractivity contribution in [3.8, 4) is 0 Å². The van der Waals surface area contributed by atoms with Gasteiger partial charge in [0.2, 0.25) is 0 Å². The summed E-state index contributed by atoms with van der Waals surface area (Å²) in [6.45, 7) is 2.76. The highest BCUT2D eigenvalue weighted by Crippen LogP contribution is 2.46. The molecular formula is C29H35F9N4O4. The molecule has 0 saturated carbocycles. The lowest BCUT2D eigenvalue weighted by atomic mass is 9.71. The number of carboxylic acids is 1. The minimum atomic E-state index is -5.82. The van der Waals surface area contributed by atoms with E-state index < -0.39 is 47.8 Å². The number of carbonyl (C=O) groups excluding carboxylic acids is 1. The maximum atomic E-state index is 13.7. The van der Waals surface area contributed by atoms with Gasteiger partial charge in [0.05, 0.1) is 12.1 Å². The van der Waals surface area contributed by atoms with E-state index in [0.29, 0.717) is 50.4 Å². The molecule has 17 heteroatoms. The fourth-order valence-electron chi connectivity index (χ4n) is 7.41. The van der Waals surface area contributed by atoms with Gasteiger partial charge in [0.1, 0.15) is 0 Å². The van der Waals surface area contributed by atoms with Crippen LogP contribution in [0.4, 0.5) is 50.0 Å². The Bertz CT molecular complexity index is 1260. The molecule has 0 radical (unpaired) electrons. The molecule has 5 rings (SSSR count). The first-order valence-electron chi connectivity index (χ1n) is 15.0. The third-order valence-corrected chi connectivity index (χ3v) is 9.95. The van der Waals surface area contributed by atoms with E-state index in [4.69, 9.17) is 5.11 Å². The third kappa shape index (κ3) is 7.29. The number of piperidine rings is 2. The molecule has 1 N–H and O–H groups in total. The number of alkyl halides is 9. The Balaban J connectivity index is 1.26. The Morgan fingerprint density at radius 2 is 1.46 bits per heavy atom. The number of ether oxygens (including phenoxy) is 1. The molecule has 2 spiro atoms. The number of aliphatic carboxylic acids is 1. The number of benzene rings is 1. The van der Waals surface area contributed by atoms with E-state index in [9.17, 15) is 49.1 Å². The largest absolute Gasteiger partial charge is 0.480 e. The first kappa shape index (κ1) is 34.4. The molecule has 4 aliphatic heterocycles. The van der Waals surface area contributed by atoms with Crippen molar-refractivity contribution in [3.63, 3.8) is 0 Å². The van der Waals surface area contributed by atoms with Crippen molar-refractivity contribution in [3.05, 3.63) is 29.3 Å². The number of carboxylic acid groups (broad SMARTS) is 1. The zero-order chi connectivity index (χ0) is 33.7. The van der Waals surface area contributed by atoms with Gasteiger partial charge >= 0.3 is 30.6 Å². The molecular weight excluding hydrogens is 639 g/mol. The summed E-state index contributed by atoms with van der Waals surface area (Å²) in [4.78, 5) is 30.0. The zero-order valence-electron chi connectivity index (χ0n) is 24.8. The molecule has 4 aliphatic rings. The Morgan fingerprint density at radius 3 is 2.00 bits per heavy atom. The Kier molecular flexibility index (Phi) is 9.16. The topological polar surface area (TPSA) is 76.6 Å². The quantitative estimate of drug-likeness (QED) is 0.386. The first-order chi connectivity index (χ1) is 21.3. The summed E-state index contributed by atoms with van der Waals surface area (Å²) in [5.74, 6) is -0.915. The van der Waals surface area contributed by atoms with Crippen LogP contribution in [0.5, 0.6) is 0 Å². The molecule has 0 aromatic heterocycles. The summed E-state index contributed by atoms with van der Waals surface area (Å²) in [5, 5.41) is 9.07. The molecule has 1 aromatic rings. The summed E-state index contributed by atoms with van der Waals surface area (Å²) in [5.41, 5.74) is -0.331. The number of likely N-dealkylation sites (tertiary alicyclic amines) is 3. The second-order valence-electron chi connectivity index (χ2n) is 13.0. The van der Waals surface area contributed by atoms with Crippen LogP contribution >= 0.6 is 0 Å². The van der Waals surface area contributed by atoms with Crippen LogP contribution < -0.4 is 4.90 Å². The van der Waals surface area contributed by atoms with Crippen molar-refractivity contribution >= 4 is 17.7 Å². The summed E-state index contributed by atoms with van der Waals surface area (Å²) >= 11 is 0. The van der Waals surface area contributed by atoms with E-state index in [1.54, 1.807) is 0 Å². The lowest BCUT2D eigenvalue weighted by Crippen LogP contribution is -2.61. The maximum absolute atomic E-state index is 13.7. The number of hydrogen-bond donors (Lipinski definition) is 1. The minimum absolute atomic E-state index is 0.0598. The number of carbonyl (C=O) groups is 2. The normalized spacial score (nSPS) is 22.5. The Labute approximate surface area is 259 Å². The molecule has 46 heavy (non-hydrogen) atoms. The van der Waals surface area contributed by atoms with E-state index in [-0.39, 0.29) is 44.4 Å². The van der Waals surface area contributed by atoms with Crippen LogP contribution in [0.25, 0.3) is 0 Å². The standard InChI is InChI=1S/C29H35F9N4O4/c30-27(31,32)20-3-2-19(21(14-20)41-17-25(18-41)5-10-39(11-6-25)16-22(43)44)15-42-9-1-4-26(42)7-12-40(13-8-26)24(45)46-23(28(33,34)35)29(36,37)38/h2-3,14,23H,1,4-13,15-18H2,(H,43,44). The highest BCUT2D eigenvalue weighted by atomic mass is 19.4. The third-order valence-electron chi connectivity index (χ3n) is 9.95.